The quantitative estimate of drug-likeness (QED) is 0.669. The van der Waals surface area contributed by atoms with Gasteiger partial charge in [0.1, 0.15) is 24.1 Å². The van der Waals surface area contributed by atoms with Crippen LogP contribution in [0, 0.1) is 0 Å². The highest BCUT2D eigenvalue weighted by atomic mass is 35.5. The molecule has 0 aliphatic rings. The molecule has 0 bridgehead atoms. The number of amides is 1. The summed E-state index contributed by atoms with van der Waals surface area (Å²) in [6.45, 7) is 0.141. The van der Waals surface area contributed by atoms with Crippen LogP contribution < -0.4 is 5.32 Å². The van der Waals surface area contributed by atoms with Crippen molar-refractivity contribution in [2.24, 2.45) is 0 Å². The molecule has 0 unspecified atom stereocenters. The standard InChI is InChI=1S/C17H16ClF3N6O/c1-9(16(28)27(2)8-17(19,20)21)25-13-3-4-22-15(26-13)12-7-24-14-11(12)5-10(18)6-23-14/h3-7,9H,8H2,1-2H3,(H,23,24)(H,22,25,26)/t9-/m1/s1. The number of carbonyl (C=O) groups excluding carboxylic acids is 1. The maximum atomic E-state index is 12.5. The molecule has 3 aromatic rings. The van der Waals surface area contributed by atoms with E-state index in [2.05, 4.69) is 25.3 Å². The Bertz CT molecular complexity index is 1010. The lowest BCUT2D eigenvalue weighted by molar-refractivity contribution is -0.158. The highest BCUT2D eigenvalue weighted by molar-refractivity contribution is 6.31. The number of fused-ring (bicyclic) bond motifs is 1. The second-order valence-corrected chi connectivity index (χ2v) is 6.63. The maximum Gasteiger partial charge on any atom is 0.406 e. The van der Waals surface area contributed by atoms with Gasteiger partial charge in [0.2, 0.25) is 5.91 Å². The number of pyridine rings is 1. The molecule has 11 heteroatoms. The first kappa shape index (κ1) is 19.9. The molecule has 0 aromatic carbocycles. The van der Waals surface area contributed by atoms with E-state index in [-0.39, 0.29) is 0 Å². The summed E-state index contributed by atoms with van der Waals surface area (Å²) in [5, 5.41) is 3.98. The van der Waals surface area contributed by atoms with Gasteiger partial charge in [-0.1, -0.05) is 11.6 Å². The van der Waals surface area contributed by atoms with Crippen LogP contribution >= 0.6 is 11.6 Å². The highest BCUT2D eigenvalue weighted by Crippen LogP contribution is 2.27. The Morgan fingerprint density at radius 2 is 2.14 bits per heavy atom. The SMILES string of the molecule is C[C@@H](Nc1ccnc(-c2c[nH]c3ncc(Cl)cc23)n1)C(=O)N(C)CC(F)(F)F. The number of halogens is 4. The molecular weight excluding hydrogens is 397 g/mol. The number of aromatic nitrogens is 4. The molecule has 0 aliphatic heterocycles. The van der Waals surface area contributed by atoms with Crippen molar-refractivity contribution >= 4 is 34.4 Å². The van der Waals surface area contributed by atoms with Crippen molar-refractivity contribution in [3.05, 3.63) is 35.7 Å². The Kier molecular flexibility index (Phi) is 5.41. The molecule has 28 heavy (non-hydrogen) atoms. The number of hydrogen-bond donors (Lipinski definition) is 2. The van der Waals surface area contributed by atoms with Gasteiger partial charge in [-0.15, -0.1) is 0 Å². The van der Waals surface area contributed by atoms with E-state index in [4.69, 9.17) is 11.6 Å². The van der Waals surface area contributed by atoms with Crippen molar-refractivity contribution < 1.29 is 18.0 Å². The molecule has 0 aliphatic carbocycles. The van der Waals surface area contributed by atoms with Crippen LogP contribution in [0.15, 0.2) is 30.7 Å². The fourth-order valence-corrected chi connectivity index (χ4v) is 2.85. The summed E-state index contributed by atoms with van der Waals surface area (Å²) in [6.07, 6.45) is 0.210. The number of anilines is 1. The lowest BCUT2D eigenvalue weighted by Crippen LogP contribution is -2.43. The van der Waals surface area contributed by atoms with Gasteiger partial charge in [0.25, 0.3) is 0 Å². The van der Waals surface area contributed by atoms with Crippen LogP contribution in [-0.4, -0.2) is 56.6 Å². The number of aromatic amines is 1. The Balaban J connectivity index is 1.79. The van der Waals surface area contributed by atoms with E-state index in [1.807, 2.05) is 0 Å². The maximum absolute atomic E-state index is 12.5. The van der Waals surface area contributed by atoms with E-state index >= 15 is 0 Å². The Morgan fingerprint density at radius 3 is 2.86 bits per heavy atom. The summed E-state index contributed by atoms with van der Waals surface area (Å²) in [5.74, 6) is -0.0558. The molecule has 0 saturated carbocycles. The van der Waals surface area contributed by atoms with Gasteiger partial charge in [-0.2, -0.15) is 13.2 Å². The average molecular weight is 413 g/mol. The number of rotatable bonds is 5. The van der Waals surface area contributed by atoms with E-state index in [9.17, 15) is 18.0 Å². The van der Waals surface area contributed by atoms with E-state index in [1.165, 1.54) is 25.4 Å². The van der Waals surface area contributed by atoms with Crippen LogP contribution in [0.2, 0.25) is 5.02 Å². The minimum atomic E-state index is -4.46. The van der Waals surface area contributed by atoms with Crippen LogP contribution in [0.5, 0.6) is 0 Å². The van der Waals surface area contributed by atoms with E-state index < -0.39 is 24.7 Å². The van der Waals surface area contributed by atoms with Gasteiger partial charge < -0.3 is 15.2 Å². The number of alkyl halides is 3. The van der Waals surface area contributed by atoms with Gasteiger partial charge in [0.05, 0.1) is 5.02 Å². The van der Waals surface area contributed by atoms with Crippen molar-refractivity contribution in [3.63, 3.8) is 0 Å². The topological polar surface area (TPSA) is 86.8 Å². The smallest absolute Gasteiger partial charge is 0.359 e. The zero-order chi connectivity index (χ0) is 20.5. The lowest BCUT2D eigenvalue weighted by Gasteiger charge is -2.23. The predicted molar refractivity (Wildman–Crippen MR) is 98.9 cm³/mol. The summed E-state index contributed by atoms with van der Waals surface area (Å²) in [5.41, 5.74) is 1.26. The summed E-state index contributed by atoms with van der Waals surface area (Å²) < 4.78 is 37.4. The summed E-state index contributed by atoms with van der Waals surface area (Å²) in [4.78, 5) is 28.5. The highest BCUT2D eigenvalue weighted by Gasteiger charge is 2.32. The molecule has 148 valence electrons. The van der Waals surface area contributed by atoms with Gasteiger partial charge in [0, 0.05) is 36.6 Å². The second-order valence-electron chi connectivity index (χ2n) is 6.19. The minimum Gasteiger partial charge on any atom is -0.359 e. The minimum absolute atomic E-state index is 0.301. The van der Waals surface area contributed by atoms with Crippen molar-refractivity contribution in [3.8, 4) is 11.4 Å². The normalized spacial score (nSPS) is 12.8. The van der Waals surface area contributed by atoms with Crippen LogP contribution in [0.1, 0.15) is 6.92 Å². The molecule has 0 spiro atoms. The van der Waals surface area contributed by atoms with Gasteiger partial charge in [-0.25, -0.2) is 15.0 Å². The Hall–Kier alpha value is -2.88. The summed E-state index contributed by atoms with van der Waals surface area (Å²) in [6, 6.07) is 2.34. The number of carbonyl (C=O) groups is 1. The molecular formula is C17H16ClF3N6O. The predicted octanol–water partition coefficient (Wildman–Crippen LogP) is 3.49. The molecule has 0 radical (unpaired) electrons. The van der Waals surface area contributed by atoms with E-state index in [0.717, 1.165) is 12.4 Å². The largest absolute Gasteiger partial charge is 0.406 e. The first-order valence-corrected chi connectivity index (χ1v) is 8.56. The molecule has 3 aromatic heterocycles. The molecule has 3 heterocycles. The zero-order valence-electron chi connectivity index (χ0n) is 14.9. The van der Waals surface area contributed by atoms with Crippen LogP contribution in [0.4, 0.5) is 19.0 Å². The number of H-pyrrole nitrogens is 1. The number of hydrogen-bond acceptors (Lipinski definition) is 5. The molecule has 7 nitrogen and oxygen atoms in total. The number of likely N-dealkylation sites (N-methyl/N-ethyl adjacent to an activating group) is 1. The van der Waals surface area contributed by atoms with Crippen LogP contribution in [0.25, 0.3) is 22.4 Å². The third-order valence-corrected chi connectivity index (χ3v) is 4.13. The molecule has 0 fully saturated rings. The number of nitrogens with one attached hydrogen (secondary N) is 2. The lowest BCUT2D eigenvalue weighted by atomic mass is 10.2. The van der Waals surface area contributed by atoms with Crippen LogP contribution in [0.3, 0.4) is 0 Å². The summed E-state index contributed by atoms with van der Waals surface area (Å²) >= 11 is 5.99. The average Bonchev–Trinajstić information content (AvgIpc) is 3.02. The molecule has 2 N–H and O–H groups in total. The first-order chi connectivity index (χ1) is 13.1. The first-order valence-electron chi connectivity index (χ1n) is 8.18. The fraction of sp³-hybridized carbons (Fsp3) is 0.294. The molecule has 3 rings (SSSR count). The van der Waals surface area contributed by atoms with Crippen molar-refractivity contribution in [1.82, 2.24) is 24.8 Å². The third-order valence-electron chi connectivity index (χ3n) is 3.92. The van der Waals surface area contributed by atoms with Crippen molar-refractivity contribution in [2.45, 2.75) is 19.1 Å². The van der Waals surface area contributed by atoms with E-state index in [0.29, 0.717) is 32.8 Å². The van der Waals surface area contributed by atoms with Crippen LogP contribution in [-0.2, 0) is 4.79 Å². The molecule has 1 atom stereocenters. The van der Waals surface area contributed by atoms with Gasteiger partial charge in [0.15, 0.2) is 5.82 Å². The van der Waals surface area contributed by atoms with Crippen molar-refractivity contribution in [2.75, 3.05) is 18.9 Å². The van der Waals surface area contributed by atoms with Gasteiger partial charge in [-0.3, -0.25) is 4.79 Å². The fourth-order valence-electron chi connectivity index (χ4n) is 2.69. The Labute approximate surface area is 162 Å². The van der Waals surface area contributed by atoms with Gasteiger partial charge in [-0.05, 0) is 19.1 Å². The molecule has 1 amide bonds. The Morgan fingerprint density at radius 1 is 1.39 bits per heavy atom. The van der Waals surface area contributed by atoms with Crippen molar-refractivity contribution in [1.29, 1.82) is 0 Å². The monoisotopic (exact) mass is 412 g/mol. The van der Waals surface area contributed by atoms with Gasteiger partial charge >= 0.3 is 6.18 Å². The zero-order valence-corrected chi connectivity index (χ0v) is 15.6. The third kappa shape index (κ3) is 4.50. The van der Waals surface area contributed by atoms with E-state index in [1.54, 1.807) is 12.3 Å². The summed E-state index contributed by atoms with van der Waals surface area (Å²) in [7, 11) is 1.10. The second kappa shape index (κ2) is 7.63. The molecule has 0 saturated heterocycles. The number of nitrogens with zero attached hydrogens (tertiary/aromatic N) is 4.